The topological polar surface area (TPSA) is 49.9 Å². The van der Waals surface area contributed by atoms with Crippen molar-refractivity contribution in [2.75, 3.05) is 45.6 Å². The second kappa shape index (κ2) is 9.47. The van der Waals surface area contributed by atoms with Gasteiger partial charge in [0, 0.05) is 32.7 Å². The lowest BCUT2D eigenvalue weighted by atomic mass is 9.99. The van der Waals surface area contributed by atoms with Gasteiger partial charge in [0.2, 0.25) is 10.0 Å². The van der Waals surface area contributed by atoms with Crippen molar-refractivity contribution < 1.29 is 26.3 Å². The van der Waals surface area contributed by atoms with E-state index in [1.165, 1.54) is 16.6 Å². The number of sulfonamides is 1. The molecule has 1 fully saturated rings. The molecular formula is C21H25F3N2O3S. The van der Waals surface area contributed by atoms with Crippen molar-refractivity contribution in [3.05, 3.63) is 71.3 Å². The predicted octanol–water partition coefficient (Wildman–Crippen LogP) is 3.39. The summed E-state index contributed by atoms with van der Waals surface area (Å²) in [7, 11) is -3.19. The van der Waals surface area contributed by atoms with E-state index < -0.39 is 27.9 Å². The van der Waals surface area contributed by atoms with Crippen LogP contribution in [-0.2, 0) is 20.9 Å². The number of halogens is 3. The maximum absolute atomic E-state index is 13.1. The number of benzene rings is 2. The standard InChI is InChI=1S/C21H25F3N2O3S/c1-30(27,28)26-12-10-25(11-13-26)14-15-29-20(17-6-3-2-4-7-17)18-8-5-9-19(16-18)21(22,23)24/h2-9,16,20H,10-15H2,1H3. The monoisotopic (exact) mass is 442 g/mol. The first-order valence-electron chi connectivity index (χ1n) is 9.66. The molecule has 1 heterocycles. The fourth-order valence-corrected chi connectivity index (χ4v) is 4.30. The Morgan fingerprint density at radius 3 is 2.20 bits per heavy atom. The SMILES string of the molecule is CS(=O)(=O)N1CCN(CCOC(c2ccccc2)c2cccc(C(F)(F)F)c2)CC1. The number of hydrogen-bond acceptors (Lipinski definition) is 4. The minimum atomic E-state index is -4.42. The summed E-state index contributed by atoms with van der Waals surface area (Å²) >= 11 is 0. The lowest BCUT2D eigenvalue weighted by molar-refractivity contribution is -0.137. The van der Waals surface area contributed by atoms with Gasteiger partial charge in [-0.25, -0.2) is 8.42 Å². The lowest BCUT2D eigenvalue weighted by Crippen LogP contribution is -2.49. The molecule has 2 aromatic rings. The molecule has 1 atom stereocenters. The third-order valence-corrected chi connectivity index (χ3v) is 6.41. The van der Waals surface area contributed by atoms with Crippen molar-refractivity contribution in [3.63, 3.8) is 0 Å². The maximum Gasteiger partial charge on any atom is 0.416 e. The summed E-state index contributed by atoms with van der Waals surface area (Å²) in [5.41, 5.74) is 0.512. The first-order valence-corrected chi connectivity index (χ1v) is 11.5. The maximum atomic E-state index is 13.1. The Labute approximate surface area is 175 Å². The first kappa shape index (κ1) is 22.7. The quantitative estimate of drug-likeness (QED) is 0.660. The lowest BCUT2D eigenvalue weighted by Gasteiger charge is -2.33. The Bertz CT molecular complexity index is 928. The average Bonchev–Trinajstić information content (AvgIpc) is 2.71. The molecule has 1 saturated heterocycles. The Morgan fingerprint density at radius 1 is 0.967 bits per heavy atom. The minimum absolute atomic E-state index is 0.314. The average molecular weight is 443 g/mol. The van der Waals surface area contributed by atoms with Gasteiger partial charge in [-0.1, -0.05) is 42.5 Å². The molecule has 0 bridgehead atoms. The van der Waals surface area contributed by atoms with Crippen LogP contribution in [0.5, 0.6) is 0 Å². The molecule has 0 spiro atoms. The van der Waals surface area contributed by atoms with Crippen LogP contribution in [0.1, 0.15) is 22.8 Å². The van der Waals surface area contributed by atoms with Crippen molar-refractivity contribution in [2.24, 2.45) is 0 Å². The molecule has 0 N–H and O–H groups in total. The summed E-state index contributed by atoms with van der Waals surface area (Å²) < 4.78 is 70.2. The molecule has 164 valence electrons. The van der Waals surface area contributed by atoms with Gasteiger partial charge in [0.25, 0.3) is 0 Å². The molecule has 2 aromatic carbocycles. The third-order valence-electron chi connectivity index (χ3n) is 5.11. The highest BCUT2D eigenvalue weighted by atomic mass is 32.2. The van der Waals surface area contributed by atoms with Crippen molar-refractivity contribution in [2.45, 2.75) is 12.3 Å². The highest BCUT2D eigenvalue weighted by molar-refractivity contribution is 7.88. The largest absolute Gasteiger partial charge is 0.416 e. The minimum Gasteiger partial charge on any atom is -0.367 e. The number of alkyl halides is 3. The van der Waals surface area contributed by atoms with Gasteiger partial charge in [0.15, 0.2) is 0 Å². The molecule has 1 aliphatic heterocycles. The van der Waals surface area contributed by atoms with Crippen LogP contribution in [0.4, 0.5) is 13.2 Å². The summed E-state index contributed by atoms with van der Waals surface area (Å²) in [6.07, 6.45) is -3.84. The summed E-state index contributed by atoms with van der Waals surface area (Å²) in [5, 5.41) is 0. The number of nitrogens with zero attached hydrogens (tertiary/aromatic N) is 2. The van der Waals surface area contributed by atoms with Crippen LogP contribution in [0, 0.1) is 0 Å². The van der Waals surface area contributed by atoms with E-state index in [1.807, 2.05) is 30.3 Å². The zero-order valence-corrected chi connectivity index (χ0v) is 17.5. The van der Waals surface area contributed by atoms with Crippen LogP contribution in [0.2, 0.25) is 0 Å². The molecule has 0 aliphatic carbocycles. The smallest absolute Gasteiger partial charge is 0.367 e. The Morgan fingerprint density at radius 2 is 1.60 bits per heavy atom. The molecule has 0 saturated carbocycles. The van der Waals surface area contributed by atoms with Crippen LogP contribution in [0.15, 0.2) is 54.6 Å². The molecule has 3 rings (SSSR count). The molecule has 9 heteroatoms. The molecule has 30 heavy (non-hydrogen) atoms. The second-order valence-electron chi connectivity index (χ2n) is 7.29. The van der Waals surface area contributed by atoms with E-state index in [0.717, 1.165) is 17.7 Å². The Hall–Kier alpha value is -1.94. The van der Waals surface area contributed by atoms with Crippen molar-refractivity contribution in [1.82, 2.24) is 9.21 Å². The summed E-state index contributed by atoms with van der Waals surface area (Å²) in [4.78, 5) is 2.09. The highest BCUT2D eigenvalue weighted by Gasteiger charge is 2.31. The molecular weight excluding hydrogens is 417 g/mol. The number of hydrogen-bond donors (Lipinski definition) is 0. The van der Waals surface area contributed by atoms with Crippen molar-refractivity contribution >= 4 is 10.0 Å². The van der Waals surface area contributed by atoms with E-state index in [0.29, 0.717) is 44.9 Å². The predicted molar refractivity (Wildman–Crippen MR) is 109 cm³/mol. The van der Waals surface area contributed by atoms with E-state index in [1.54, 1.807) is 6.07 Å². The van der Waals surface area contributed by atoms with Crippen LogP contribution in [0.3, 0.4) is 0 Å². The number of rotatable bonds is 7. The van der Waals surface area contributed by atoms with Gasteiger partial charge in [-0.05, 0) is 23.3 Å². The zero-order chi connectivity index (χ0) is 21.8. The summed E-state index contributed by atoms with van der Waals surface area (Å²) in [5.74, 6) is 0. The Balaban J connectivity index is 1.67. The van der Waals surface area contributed by atoms with Gasteiger partial charge in [-0.15, -0.1) is 0 Å². The number of piperazine rings is 1. The van der Waals surface area contributed by atoms with Crippen molar-refractivity contribution in [1.29, 1.82) is 0 Å². The van der Waals surface area contributed by atoms with Crippen LogP contribution >= 0.6 is 0 Å². The van der Waals surface area contributed by atoms with Gasteiger partial charge >= 0.3 is 6.18 Å². The third kappa shape index (κ3) is 6.04. The van der Waals surface area contributed by atoms with E-state index in [4.69, 9.17) is 4.74 Å². The molecule has 1 unspecified atom stereocenters. The molecule has 1 aliphatic rings. The number of ether oxygens (including phenoxy) is 1. The van der Waals surface area contributed by atoms with Gasteiger partial charge < -0.3 is 4.74 Å². The molecule has 0 amide bonds. The summed E-state index contributed by atoms with van der Waals surface area (Å²) in [6, 6.07) is 14.3. The van der Waals surface area contributed by atoms with E-state index in [9.17, 15) is 21.6 Å². The molecule has 0 aromatic heterocycles. The van der Waals surface area contributed by atoms with Crippen molar-refractivity contribution in [3.8, 4) is 0 Å². The Kier molecular flexibility index (Phi) is 7.18. The molecule has 0 radical (unpaired) electrons. The normalized spacial score (nSPS) is 17.7. The summed E-state index contributed by atoms with van der Waals surface area (Å²) in [6.45, 7) is 2.92. The van der Waals surface area contributed by atoms with E-state index in [-0.39, 0.29) is 0 Å². The fourth-order valence-electron chi connectivity index (χ4n) is 3.48. The van der Waals surface area contributed by atoms with Gasteiger partial charge in [-0.3, -0.25) is 4.90 Å². The van der Waals surface area contributed by atoms with Crippen LogP contribution in [-0.4, -0.2) is 63.2 Å². The van der Waals surface area contributed by atoms with Gasteiger partial charge in [0.05, 0.1) is 18.4 Å². The highest BCUT2D eigenvalue weighted by Crippen LogP contribution is 2.33. The van der Waals surface area contributed by atoms with Gasteiger partial charge in [0.1, 0.15) is 6.10 Å². The molecule has 5 nitrogen and oxygen atoms in total. The zero-order valence-electron chi connectivity index (χ0n) is 16.7. The second-order valence-corrected chi connectivity index (χ2v) is 9.27. The van der Waals surface area contributed by atoms with E-state index >= 15 is 0 Å². The first-order chi connectivity index (χ1) is 14.1. The van der Waals surface area contributed by atoms with Crippen LogP contribution < -0.4 is 0 Å². The fraction of sp³-hybridized carbons (Fsp3) is 0.429. The van der Waals surface area contributed by atoms with E-state index in [2.05, 4.69) is 4.90 Å². The van der Waals surface area contributed by atoms with Crippen LogP contribution in [0.25, 0.3) is 0 Å². The van der Waals surface area contributed by atoms with Gasteiger partial charge in [-0.2, -0.15) is 17.5 Å².